The van der Waals surface area contributed by atoms with Gasteiger partial charge in [-0.25, -0.2) is 0 Å². The Kier molecular flexibility index (Phi) is 20.5. The monoisotopic (exact) mass is 397 g/mol. The van der Waals surface area contributed by atoms with Crippen molar-refractivity contribution < 1.29 is 16.9 Å². The highest BCUT2D eigenvalue weighted by Crippen LogP contribution is 2.14. The summed E-state index contributed by atoms with van der Waals surface area (Å²) in [4.78, 5) is 0. The summed E-state index contributed by atoms with van der Waals surface area (Å²) >= 11 is 3.66. The van der Waals surface area contributed by atoms with Gasteiger partial charge in [0.1, 0.15) is 0 Å². The summed E-state index contributed by atoms with van der Waals surface area (Å²) in [6, 6.07) is 0. The van der Waals surface area contributed by atoms with E-state index >= 15 is 0 Å². The molecule has 0 heterocycles. The van der Waals surface area contributed by atoms with E-state index in [1.165, 1.54) is 101 Å². The predicted molar refractivity (Wildman–Crippen MR) is 101 cm³/mol. The van der Waals surface area contributed by atoms with Crippen LogP contribution in [0.15, 0.2) is 0 Å². The summed E-state index contributed by atoms with van der Waals surface area (Å²) in [5.74, 6) is 0. The molecule has 22 heavy (non-hydrogen) atoms. The number of halogens is 2. The van der Waals surface area contributed by atoms with Crippen LogP contribution in [0.25, 0.3) is 0 Å². The molecule has 0 bridgehead atoms. The molecule has 0 aliphatic rings. The minimum absolute atomic E-state index is 0. The van der Waals surface area contributed by atoms with Crippen LogP contribution in [0.5, 0.6) is 0 Å². The molecule has 136 valence electrons. The smallest absolute Gasteiger partial charge is 0.0883 e. The van der Waals surface area contributed by atoms with Crippen LogP contribution in [0.1, 0.15) is 90.9 Å². The molecule has 3 heteroatoms. The molecule has 0 saturated carbocycles. The van der Waals surface area contributed by atoms with Gasteiger partial charge in [0.05, 0.1) is 32.0 Å². The first-order valence-corrected chi connectivity index (χ1v) is 10.7. The van der Waals surface area contributed by atoms with E-state index in [4.69, 9.17) is 0 Å². The van der Waals surface area contributed by atoms with Crippen LogP contribution in [0.2, 0.25) is 0 Å². The normalized spacial score (nSPS) is 11.5. The Labute approximate surface area is 155 Å². The highest BCUT2D eigenvalue weighted by Gasteiger charge is 2.19. The van der Waals surface area contributed by atoms with E-state index in [1.807, 2.05) is 0 Å². The first-order valence-electron chi connectivity index (χ1n) is 9.58. The highest BCUT2D eigenvalue weighted by molar-refractivity contribution is 9.09. The summed E-state index contributed by atoms with van der Waals surface area (Å²) in [7, 11) is 2.47. The van der Waals surface area contributed by atoms with Crippen molar-refractivity contribution in [3.8, 4) is 0 Å². The fourth-order valence-corrected chi connectivity index (χ4v) is 3.94. The zero-order valence-electron chi connectivity index (χ0n) is 15.5. The van der Waals surface area contributed by atoms with Crippen LogP contribution < -0.4 is 12.4 Å². The number of hydrogen-bond donors (Lipinski definition) is 0. The van der Waals surface area contributed by atoms with Crippen molar-refractivity contribution in [3.05, 3.63) is 0 Å². The van der Waals surface area contributed by atoms with Crippen LogP contribution in [-0.2, 0) is 0 Å². The van der Waals surface area contributed by atoms with E-state index < -0.39 is 0 Å². The minimum atomic E-state index is 0. The van der Waals surface area contributed by atoms with Crippen LogP contribution in [-0.4, -0.2) is 36.5 Å². The molecule has 0 aromatic heterocycles. The highest BCUT2D eigenvalue weighted by atomic mass is 79.9. The Morgan fingerprint density at radius 2 is 0.955 bits per heavy atom. The minimum Gasteiger partial charge on any atom is -1.00 e. The van der Waals surface area contributed by atoms with Gasteiger partial charge in [0, 0.05) is 0 Å². The van der Waals surface area contributed by atoms with Crippen molar-refractivity contribution >= 4 is 15.9 Å². The summed E-state index contributed by atoms with van der Waals surface area (Å²) in [5.41, 5.74) is 0. The van der Waals surface area contributed by atoms with Gasteiger partial charge in [0.25, 0.3) is 0 Å². The van der Waals surface area contributed by atoms with E-state index in [0.717, 1.165) is 5.33 Å². The number of unbranched alkanes of at least 4 members (excludes halogenated alkanes) is 10. The van der Waals surface area contributed by atoms with Crippen LogP contribution in [0.3, 0.4) is 0 Å². The first kappa shape index (κ1) is 25.0. The molecule has 0 aliphatic carbocycles. The van der Waals surface area contributed by atoms with E-state index in [-0.39, 0.29) is 12.4 Å². The average Bonchev–Trinajstić information content (AvgIpc) is 2.47. The summed E-state index contributed by atoms with van der Waals surface area (Å²) in [5, 5.41) is 1.15. The molecule has 1 nitrogen and oxygen atoms in total. The van der Waals surface area contributed by atoms with E-state index in [9.17, 15) is 0 Å². The van der Waals surface area contributed by atoms with Crippen molar-refractivity contribution in [1.29, 1.82) is 0 Å². The van der Waals surface area contributed by atoms with Gasteiger partial charge in [0.15, 0.2) is 0 Å². The quantitative estimate of drug-likeness (QED) is 0.212. The van der Waals surface area contributed by atoms with Crippen molar-refractivity contribution in [1.82, 2.24) is 0 Å². The lowest BCUT2D eigenvalue weighted by molar-refractivity contribution is -0.907. The third kappa shape index (κ3) is 15.6. The summed E-state index contributed by atoms with van der Waals surface area (Å²) in [6.07, 6.45) is 17.0. The van der Waals surface area contributed by atoms with Crippen molar-refractivity contribution in [2.45, 2.75) is 90.9 Å². The number of nitrogens with zero attached hydrogens (tertiary/aromatic N) is 1. The number of hydrogen-bond acceptors (Lipinski definition) is 0. The molecule has 0 spiro atoms. The molecule has 0 atom stereocenters. The lowest BCUT2D eigenvalue weighted by atomic mass is 10.1. The number of rotatable bonds is 16. The second-order valence-corrected chi connectivity index (χ2v) is 7.81. The van der Waals surface area contributed by atoms with Gasteiger partial charge in [-0.05, 0) is 25.7 Å². The Hall–Kier alpha value is 0.730. The van der Waals surface area contributed by atoms with Gasteiger partial charge in [-0.15, -0.1) is 0 Å². The van der Waals surface area contributed by atoms with Crippen LogP contribution in [0, 0.1) is 0 Å². The number of quaternary nitrogens is 1. The maximum atomic E-state index is 3.66. The molecule has 0 fully saturated rings. The topological polar surface area (TPSA) is 0 Å². The van der Waals surface area contributed by atoms with Gasteiger partial charge >= 0.3 is 0 Å². The van der Waals surface area contributed by atoms with Crippen molar-refractivity contribution in [2.75, 3.05) is 32.0 Å². The Balaban J connectivity index is 0. The van der Waals surface area contributed by atoms with Gasteiger partial charge in [0.2, 0.25) is 0 Å². The third-order valence-electron chi connectivity index (χ3n) is 4.73. The molecule has 0 aliphatic heterocycles. The molecule has 0 saturated heterocycles. The van der Waals surface area contributed by atoms with Gasteiger partial charge in [-0.1, -0.05) is 81.1 Å². The van der Waals surface area contributed by atoms with Gasteiger partial charge < -0.3 is 16.9 Å². The molecular weight excluding hydrogens is 358 g/mol. The SMILES string of the molecule is CCCCCCCC[N+](C)(CCBr)CCCCCCCC.[Cl-]. The molecular formula is C19H41BrClN. The Morgan fingerprint density at radius 3 is 1.32 bits per heavy atom. The fraction of sp³-hybridized carbons (Fsp3) is 1.00. The van der Waals surface area contributed by atoms with Crippen LogP contribution >= 0.6 is 15.9 Å². The second-order valence-electron chi connectivity index (χ2n) is 7.01. The Bertz CT molecular complexity index is 196. The lowest BCUT2D eigenvalue weighted by Crippen LogP contribution is -3.00. The maximum Gasteiger partial charge on any atom is 0.0883 e. The molecule has 0 N–H and O–H groups in total. The molecule has 0 radical (unpaired) electrons. The first-order chi connectivity index (χ1) is 10.2. The van der Waals surface area contributed by atoms with Crippen molar-refractivity contribution in [2.24, 2.45) is 0 Å². The number of alkyl halides is 1. The van der Waals surface area contributed by atoms with Crippen LogP contribution in [0.4, 0.5) is 0 Å². The Morgan fingerprint density at radius 1 is 0.591 bits per heavy atom. The maximum absolute atomic E-state index is 3.66. The predicted octanol–water partition coefficient (Wildman–Crippen LogP) is 3.55. The van der Waals surface area contributed by atoms with E-state index in [2.05, 4.69) is 36.8 Å². The average molecular weight is 399 g/mol. The lowest BCUT2D eigenvalue weighted by Gasteiger charge is -2.34. The molecule has 0 aromatic carbocycles. The largest absolute Gasteiger partial charge is 1.00 e. The zero-order chi connectivity index (χ0) is 15.8. The van der Waals surface area contributed by atoms with Gasteiger partial charge in [-0.3, -0.25) is 0 Å². The third-order valence-corrected chi connectivity index (χ3v) is 5.08. The van der Waals surface area contributed by atoms with E-state index in [1.54, 1.807) is 0 Å². The molecule has 0 unspecified atom stereocenters. The van der Waals surface area contributed by atoms with Gasteiger partial charge in [-0.2, -0.15) is 0 Å². The molecule has 0 amide bonds. The zero-order valence-corrected chi connectivity index (χ0v) is 17.9. The molecule has 0 aromatic rings. The molecule has 0 rings (SSSR count). The van der Waals surface area contributed by atoms with Crippen molar-refractivity contribution in [3.63, 3.8) is 0 Å². The fourth-order valence-electron chi connectivity index (χ4n) is 3.09. The summed E-state index contributed by atoms with van der Waals surface area (Å²) < 4.78 is 1.28. The second kappa shape index (κ2) is 18.1. The standard InChI is InChI=1S/C19H41BrN.ClH/c1-4-6-8-10-12-14-17-21(3,19-16-20)18-15-13-11-9-7-5-2;/h4-19H2,1-3H3;1H/q+1;/p-1. The summed E-state index contributed by atoms with van der Waals surface area (Å²) in [6.45, 7) is 8.65. The van der Waals surface area contributed by atoms with E-state index in [0.29, 0.717) is 0 Å².